The van der Waals surface area contributed by atoms with Crippen LogP contribution in [0.2, 0.25) is 0 Å². The summed E-state index contributed by atoms with van der Waals surface area (Å²) in [5, 5.41) is 19.5. The SMILES string of the molecule is CC(C)NN1C(=O)c2cc(O)c(O)cc2C1=O. The highest BCUT2D eigenvalue weighted by molar-refractivity contribution is 6.21. The summed E-state index contributed by atoms with van der Waals surface area (Å²) in [6, 6.07) is 2.10. The van der Waals surface area contributed by atoms with Gasteiger partial charge in [-0.15, -0.1) is 0 Å². The van der Waals surface area contributed by atoms with Gasteiger partial charge in [0.05, 0.1) is 11.1 Å². The van der Waals surface area contributed by atoms with Gasteiger partial charge in [0.2, 0.25) is 0 Å². The van der Waals surface area contributed by atoms with E-state index in [0.29, 0.717) is 0 Å². The van der Waals surface area contributed by atoms with Crippen molar-refractivity contribution in [2.24, 2.45) is 0 Å². The van der Waals surface area contributed by atoms with Crippen molar-refractivity contribution in [1.82, 2.24) is 10.4 Å². The lowest BCUT2D eigenvalue weighted by Gasteiger charge is -2.17. The Bertz CT molecular complexity index is 469. The van der Waals surface area contributed by atoms with Crippen molar-refractivity contribution in [3.63, 3.8) is 0 Å². The first kappa shape index (κ1) is 11.4. The minimum absolute atomic E-state index is 0.0819. The van der Waals surface area contributed by atoms with Crippen LogP contribution in [0.5, 0.6) is 11.5 Å². The molecule has 0 aromatic heterocycles. The molecule has 6 heteroatoms. The van der Waals surface area contributed by atoms with Crippen LogP contribution in [0.25, 0.3) is 0 Å². The zero-order valence-corrected chi connectivity index (χ0v) is 9.39. The lowest BCUT2D eigenvalue weighted by molar-refractivity contribution is 0.0544. The number of hydrazine groups is 1. The Morgan fingerprint density at radius 2 is 1.47 bits per heavy atom. The first-order valence-electron chi connectivity index (χ1n) is 5.12. The molecule has 1 aliphatic heterocycles. The second kappa shape index (κ2) is 3.74. The van der Waals surface area contributed by atoms with E-state index < -0.39 is 23.3 Å². The summed E-state index contributed by atoms with van der Waals surface area (Å²) in [5.41, 5.74) is 2.86. The average molecular weight is 236 g/mol. The number of imide groups is 1. The molecule has 0 unspecified atom stereocenters. The van der Waals surface area contributed by atoms with Gasteiger partial charge in [0.25, 0.3) is 11.8 Å². The number of phenols is 2. The van der Waals surface area contributed by atoms with Crippen LogP contribution in [0.4, 0.5) is 0 Å². The summed E-state index contributed by atoms with van der Waals surface area (Å²) in [6.45, 7) is 3.58. The van der Waals surface area contributed by atoms with Gasteiger partial charge in [-0.2, -0.15) is 0 Å². The Labute approximate surface area is 97.4 Å². The van der Waals surface area contributed by atoms with Gasteiger partial charge >= 0.3 is 0 Å². The van der Waals surface area contributed by atoms with Gasteiger partial charge in [-0.1, -0.05) is 0 Å². The number of hydrogen-bond acceptors (Lipinski definition) is 5. The van der Waals surface area contributed by atoms with Crippen molar-refractivity contribution in [3.8, 4) is 11.5 Å². The number of nitrogens with zero attached hydrogens (tertiary/aromatic N) is 1. The van der Waals surface area contributed by atoms with Gasteiger partial charge in [-0.3, -0.25) is 9.59 Å². The van der Waals surface area contributed by atoms with Crippen LogP contribution >= 0.6 is 0 Å². The van der Waals surface area contributed by atoms with E-state index in [1.165, 1.54) is 0 Å². The second-order valence-electron chi connectivity index (χ2n) is 4.12. The molecule has 2 rings (SSSR count). The van der Waals surface area contributed by atoms with Crippen LogP contribution in [0.1, 0.15) is 34.6 Å². The molecule has 90 valence electrons. The van der Waals surface area contributed by atoms with Gasteiger partial charge in [0.1, 0.15) is 0 Å². The van der Waals surface area contributed by atoms with Gasteiger partial charge in [0, 0.05) is 6.04 Å². The highest BCUT2D eigenvalue weighted by Crippen LogP contribution is 2.32. The Hall–Kier alpha value is -2.08. The average Bonchev–Trinajstić information content (AvgIpc) is 2.45. The summed E-state index contributed by atoms with van der Waals surface area (Å²) in [7, 11) is 0. The molecule has 0 bridgehead atoms. The summed E-state index contributed by atoms with van der Waals surface area (Å²) in [4.78, 5) is 23.7. The Balaban J connectivity index is 2.46. The van der Waals surface area contributed by atoms with Crippen LogP contribution < -0.4 is 5.43 Å². The lowest BCUT2D eigenvalue weighted by Crippen LogP contribution is -2.45. The largest absolute Gasteiger partial charge is 0.504 e. The predicted octanol–water partition coefficient (Wildman–Crippen LogP) is 0.607. The molecule has 0 radical (unpaired) electrons. The second-order valence-corrected chi connectivity index (χ2v) is 4.12. The van der Waals surface area contributed by atoms with Crippen molar-refractivity contribution in [2.75, 3.05) is 0 Å². The molecule has 0 atom stereocenters. The molecule has 2 amide bonds. The monoisotopic (exact) mass is 236 g/mol. The zero-order chi connectivity index (χ0) is 12.7. The molecule has 0 spiro atoms. The number of phenolic OH excluding ortho intramolecular Hbond substituents is 2. The van der Waals surface area contributed by atoms with Crippen molar-refractivity contribution in [1.29, 1.82) is 0 Å². The minimum Gasteiger partial charge on any atom is -0.504 e. The van der Waals surface area contributed by atoms with Crippen LogP contribution in [0.15, 0.2) is 12.1 Å². The van der Waals surface area contributed by atoms with Gasteiger partial charge in [-0.25, -0.2) is 10.4 Å². The van der Waals surface area contributed by atoms with E-state index in [1.54, 1.807) is 13.8 Å². The summed E-state index contributed by atoms with van der Waals surface area (Å²) in [6.07, 6.45) is 0. The maximum atomic E-state index is 11.9. The van der Waals surface area contributed by atoms with E-state index in [2.05, 4.69) is 5.43 Å². The third kappa shape index (κ3) is 1.72. The fourth-order valence-corrected chi connectivity index (χ4v) is 1.64. The molecule has 0 saturated carbocycles. The number of carbonyl (C=O) groups excluding carboxylic acids is 2. The zero-order valence-electron chi connectivity index (χ0n) is 9.39. The number of hydrogen-bond donors (Lipinski definition) is 3. The fourth-order valence-electron chi connectivity index (χ4n) is 1.64. The molecule has 3 N–H and O–H groups in total. The third-order valence-corrected chi connectivity index (χ3v) is 2.37. The lowest BCUT2D eigenvalue weighted by atomic mass is 10.1. The van der Waals surface area contributed by atoms with Crippen molar-refractivity contribution in [2.45, 2.75) is 19.9 Å². The molecule has 1 heterocycles. The Kier molecular flexibility index (Phi) is 2.51. The molecule has 0 saturated heterocycles. The number of nitrogens with one attached hydrogen (secondary N) is 1. The molecule has 0 fully saturated rings. The number of fused-ring (bicyclic) bond motifs is 1. The van der Waals surface area contributed by atoms with Crippen molar-refractivity contribution in [3.05, 3.63) is 23.3 Å². The molecule has 6 nitrogen and oxygen atoms in total. The summed E-state index contributed by atoms with van der Waals surface area (Å²) < 4.78 is 0. The standard InChI is InChI=1S/C11H12N2O4/c1-5(2)12-13-10(16)6-3-8(14)9(15)4-7(6)11(13)17/h3-5,12,14-15H,1-2H3. The van der Waals surface area contributed by atoms with Gasteiger partial charge in [0.15, 0.2) is 11.5 Å². The predicted molar refractivity (Wildman–Crippen MR) is 58.5 cm³/mol. The molecular formula is C11H12N2O4. The third-order valence-electron chi connectivity index (χ3n) is 2.37. The topological polar surface area (TPSA) is 89.9 Å². The maximum absolute atomic E-state index is 11.9. The van der Waals surface area contributed by atoms with Crippen molar-refractivity contribution >= 4 is 11.8 Å². The van der Waals surface area contributed by atoms with E-state index in [-0.39, 0.29) is 17.2 Å². The first-order chi connectivity index (χ1) is 7.91. The molecule has 17 heavy (non-hydrogen) atoms. The summed E-state index contributed by atoms with van der Waals surface area (Å²) >= 11 is 0. The van der Waals surface area contributed by atoms with Gasteiger partial charge in [-0.05, 0) is 26.0 Å². The molecule has 1 aliphatic rings. The number of aromatic hydroxyl groups is 2. The molecular weight excluding hydrogens is 224 g/mol. The van der Waals surface area contributed by atoms with E-state index >= 15 is 0 Å². The normalized spacial score (nSPS) is 14.6. The van der Waals surface area contributed by atoms with E-state index in [4.69, 9.17) is 0 Å². The van der Waals surface area contributed by atoms with Crippen LogP contribution in [0, 0.1) is 0 Å². The minimum atomic E-state index is -0.533. The van der Waals surface area contributed by atoms with Crippen LogP contribution in [-0.2, 0) is 0 Å². The van der Waals surface area contributed by atoms with E-state index in [1.807, 2.05) is 0 Å². The maximum Gasteiger partial charge on any atom is 0.276 e. The van der Waals surface area contributed by atoms with E-state index in [9.17, 15) is 19.8 Å². The number of amides is 2. The highest BCUT2D eigenvalue weighted by atomic mass is 16.3. The van der Waals surface area contributed by atoms with Gasteiger partial charge < -0.3 is 10.2 Å². The highest BCUT2D eigenvalue weighted by Gasteiger charge is 2.37. The molecule has 0 aliphatic carbocycles. The summed E-state index contributed by atoms with van der Waals surface area (Å²) in [5.74, 6) is -1.91. The molecule has 1 aromatic carbocycles. The molecule has 1 aromatic rings. The first-order valence-corrected chi connectivity index (χ1v) is 5.12. The quantitative estimate of drug-likeness (QED) is 0.517. The van der Waals surface area contributed by atoms with Crippen molar-refractivity contribution < 1.29 is 19.8 Å². The number of benzene rings is 1. The van der Waals surface area contributed by atoms with Crippen LogP contribution in [0.3, 0.4) is 0 Å². The fraction of sp³-hybridized carbons (Fsp3) is 0.273. The Morgan fingerprint density at radius 1 is 1.06 bits per heavy atom. The number of rotatable bonds is 2. The van der Waals surface area contributed by atoms with E-state index in [0.717, 1.165) is 17.1 Å². The Morgan fingerprint density at radius 3 is 1.82 bits per heavy atom. The number of carbonyl (C=O) groups is 2. The smallest absolute Gasteiger partial charge is 0.276 e. The van der Waals surface area contributed by atoms with Crippen LogP contribution in [-0.4, -0.2) is 33.1 Å².